The molecule has 106 valence electrons. The Labute approximate surface area is 122 Å². The van der Waals surface area contributed by atoms with Crippen LogP contribution in [0, 0.1) is 0 Å². The number of carbonyl (C=O) groups is 1. The van der Waals surface area contributed by atoms with Crippen molar-refractivity contribution in [3.8, 4) is 0 Å². The molecule has 0 spiro atoms. The Bertz CT molecular complexity index is 761. The number of anilines is 1. The van der Waals surface area contributed by atoms with Crippen molar-refractivity contribution in [1.82, 2.24) is 15.2 Å². The van der Waals surface area contributed by atoms with Crippen LogP contribution in [0.1, 0.15) is 10.4 Å². The van der Waals surface area contributed by atoms with Crippen molar-refractivity contribution in [2.75, 3.05) is 4.72 Å². The molecule has 0 amide bonds. The molecular weight excluding hydrogens is 331 g/mol. The summed E-state index contributed by atoms with van der Waals surface area (Å²) in [5.41, 5.74) is -0.381. The van der Waals surface area contributed by atoms with E-state index in [4.69, 9.17) is 28.3 Å². The van der Waals surface area contributed by atoms with Crippen molar-refractivity contribution in [1.29, 1.82) is 0 Å². The number of H-pyrrole nitrogens is 1. The molecule has 1 heterocycles. The van der Waals surface area contributed by atoms with E-state index in [9.17, 15) is 13.2 Å². The number of rotatable bonds is 4. The summed E-state index contributed by atoms with van der Waals surface area (Å²) in [6.07, 6.45) is 1.10. The monoisotopic (exact) mass is 336 g/mol. The van der Waals surface area contributed by atoms with Gasteiger partial charge in [-0.25, -0.2) is 23.0 Å². The molecule has 20 heavy (non-hydrogen) atoms. The number of sulfonamides is 1. The van der Waals surface area contributed by atoms with Gasteiger partial charge in [0.05, 0.1) is 15.6 Å². The highest BCUT2D eigenvalue weighted by Crippen LogP contribution is 2.29. The first kappa shape index (κ1) is 14.6. The molecule has 1 aromatic heterocycles. The zero-order chi connectivity index (χ0) is 14.9. The largest absolute Gasteiger partial charge is 0.478 e. The lowest BCUT2D eigenvalue weighted by atomic mass is 10.2. The summed E-state index contributed by atoms with van der Waals surface area (Å²) in [6.45, 7) is 0. The van der Waals surface area contributed by atoms with Gasteiger partial charge in [0.15, 0.2) is 0 Å². The van der Waals surface area contributed by atoms with Gasteiger partial charge in [0.25, 0.3) is 10.0 Å². The van der Waals surface area contributed by atoms with Crippen LogP contribution in [0.2, 0.25) is 10.0 Å². The number of aromatic nitrogens is 3. The van der Waals surface area contributed by atoms with E-state index < -0.39 is 20.9 Å². The lowest BCUT2D eigenvalue weighted by Gasteiger charge is -2.09. The van der Waals surface area contributed by atoms with E-state index in [2.05, 4.69) is 19.9 Å². The second kappa shape index (κ2) is 5.27. The Kier molecular flexibility index (Phi) is 3.84. The third-order valence-corrected chi connectivity index (χ3v) is 4.30. The highest BCUT2D eigenvalue weighted by Gasteiger charge is 2.23. The van der Waals surface area contributed by atoms with E-state index in [1.807, 2.05) is 0 Å². The normalized spacial score (nSPS) is 11.3. The quantitative estimate of drug-likeness (QED) is 0.778. The summed E-state index contributed by atoms with van der Waals surface area (Å²) in [7, 11) is -4.12. The number of benzene rings is 1. The summed E-state index contributed by atoms with van der Waals surface area (Å²) in [6, 6.07) is 1.91. The number of hydrogen-bond donors (Lipinski definition) is 3. The summed E-state index contributed by atoms with van der Waals surface area (Å²) in [4.78, 5) is 14.1. The van der Waals surface area contributed by atoms with Crippen LogP contribution in [0.5, 0.6) is 0 Å². The molecule has 0 atom stereocenters. The fourth-order valence-corrected chi connectivity index (χ4v) is 3.16. The van der Waals surface area contributed by atoms with Crippen LogP contribution in [-0.2, 0) is 10.0 Å². The molecule has 8 nitrogen and oxygen atoms in total. The van der Waals surface area contributed by atoms with Gasteiger partial charge in [0.1, 0.15) is 11.2 Å². The highest BCUT2D eigenvalue weighted by molar-refractivity contribution is 7.92. The first-order valence-corrected chi connectivity index (χ1v) is 7.15. The Hall–Kier alpha value is -1.84. The predicted octanol–water partition coefficient (Wildman–Crippen LogP) is 1.61. The zero-order valence-corrected chi connectivity index (χ0v) is 11.8. The molecule has 1 aromatic carbocycles. The number of halogens is 2. The first-order chi connectivity index (χ1) is 9.31. The Morgan fingerprint density at radius 1 is 1.30 bits per heavy atom. The van der Waals surface area contributed by atoms with Crippen LogP contribution < -0.4 is 4.72 Å². The van der Waals surface area contributed by atoms with E-state index in [0.717, 1.165) is 18.5 Å². The third-order valence-electron chi connectivity index (χ3n) is 2.19. The topological polar surface area (TPSA) is 125 Å². The SMILES string of the molecule is O=C(O)c1cc(S(=O)(=O)Nc2ncn[nH]2)c(Cl)cc1Cl. The molecule has 2 rings (SSSR count). The summed E-state index contributed by atoms with van der Waals surface area (Å²) in [5.74, 6) is -1.50. The fraction of sp³-hybridized carbons (Fsp3) is 0. The van der Waals surface area contributed by atoms with Gasteiger partial charge < -0.3 is 5.11 Å². The molecule has 0 bridgehead atoms. The van der Waals surface area contributed by atoms with Gasteiger partial charge in [-0.3, -0.25) is 0 Å². The number of carboxylic acid groups (broad SMARTS) is 1. The minimum Gasteiger partial charge on any atom is -0.478 e. The molecule has 0 radical (unpaired) electrons. The molecule has 0 saturated heterocycles. The number of nitrogens with one attached hydrogen (secondary N) is 2. The maximum Gasteiger partial charge on any atom is 0.337 e. The van der Waals surface area contributed by atoms with Crippen LogP contribution >= 0.6 is 23.2 Å². The molecular formula is C9H6Cl2N4O4S. The van der Waals surface area contributed by atoms with Crippen molar-refractivity contribution in [3.05, 3.63) is 34.1 Å². The van der Waals surface area contributed by atoms with E-state index in [0.29, 0.717) is 0 Å². The predicted molar refractivity (Wildman–Crippen MR) is 70.6 cm³/mol. The average molecular weight is 337 g/mol. The molecule has 0 fully saturated rings. The molecule has 0 saturated carbocycles. The first-order valence-electron chi connectivity index (χ1n) is 4.92. The van der Waals surface area contributed by atoms with Crippen LogP contribution in [0.15, 0.2) is 23.4 Å². The van der Waals surface area contributed by atoms with Gasteiger partial charge in [0.2, 0.25) is 5.95 Å². The van der Waals surface area contributed by atoms with Crippen molar-refractivity contribution < 1.29 is 18.3 Å². The zero-order valence-electron chi connectivity index (χ0n) is 9.46. The van der Waals surface area contributed by atoms with Crippen LogP contribution in [0.25, 0.3) is 0 Å². The van der Waals surface area contributed by atoms with E-state index in [1.165, 1.54) is 0 Å². The third kappa shape index (κ3) is 2.84. The van der Waals surface area contributed by atoms with Crippen LogP contribution in [0.3, 0.4) is 0 Å². The van der Waals surface area contributed by atoms with Gasteiger partial charge in [-0.1, -0.05) is 23.2 Å². The summed E-state index contributed by atoms with van der Waals surface area (Å²) >= 11 is 11.5. The molecule has 11 heteroatoms. The average Bonchev–Trinajstić information content (AvgIpc) is 2.79. The molecule has 0 unspecified atom stereocenters. The number of aromatic carboxylic acids is 1. The van der Waals surface area contributed by atoms with Crippen LogP contribution in [0.4, 0.5) is 5.95 Å². The number of aromatic amines is 1. The number of carboxylic acids is 1. The Morgan fingerprint density at radius 3 is 2.55 bits per heavy atom. The minimum absolute atomic E-state index is 0.132. The van der Waals surface area contributed by atoms with Gasteiger partial charge in [-0.2, -0.15) is 10.1 Å². The van der Waals surface area contributed by atoms with Gasteiger partial charge in [-0.05, 0) is 12.1 Å². The summed E-state index contributed by atoms with van der Waals surface area (Å²) in [5, 5.41) is 14.3. The van der Waals surface area contributed by atoms with E-state index in [1.54, 1.807) is 0 Å². The highest BCUT2D eigenvalue weighted by atomic mass is 35.5. The van der Waals surface area contributed by atoms with E-state index in [-0.39, 0.29) is 21.6 Å². The molecule has 0 aliphatic rings. The smallest absolute Gasteiger partial charge is 0.337 e. The second-order valence-electron chi connectivity index (χ2n) is 3.51. The fourth-order valence-electron chi connectivity index (χ4n) is 1.34. The van der Waals surface area contributed by atoms with Crippen LogP contribution in [-0.4, -0.2) is 34.7 Å². The van der Waals surface area contributed by atoms with E-state index >= 15 is 0 Å². The van der Waals surface area contributed by atoms with Crippen molar-refractivity contribution in [2.45, 2.75) is 4.90 Å². The number of hydrogen-bond acceptors (Lipinski definition) is 5. The molecule has 2 aromatic rings. The molecule has 0 aliphatic heterocycles. The maximum atomic E-state index is 12.1. The van der Waals surface area contributed by atoms with Crippen molar-refractivity contribution in [2.24, 2.45) is 0 Å². The Balaban J connectivity index is 2.51. The lowest BCUT2D eigenvalue weighted by molar-refractivity contribution is 0.0697. The molecule has 0 aliphatic carbocycles. The van der Waals surface area contributed by atoms with Gasteiger partial charge in [0, 0.05) is 0 Å². The summed E-state index contributed by atoms with van der Waals surface area (Å²) < 4.78 is 26.2. The standard InChI is InChI=1S/C9H6Cl2N4O4S/c10-5-2-6(11)7(1-4(5)8(16)17)20(18,19)15-9-12-3-13-14-9/h1-3H,(H,16,17)(H2,12,13,14,15). The molecule has 3 N–H and O–H groups in total. The minimum atomic E-state index is -4.12. The lowest BCUT2D eigenvalue weighted by Crippen LogP contribution is -2.15. The van der Waals surface area contributed by atoms with Crippen molar-refractivity contribution >= 4 is 45.1 Å². The van der Waals surface area contributed by atoms with Gasteiger partial charge >= 0.3 is 5.97 Å². The maximum absolute atomic E-state index is 12.1. The second-order valence-corrected chi connectivity index (χ2v) is 5.97. The van der Waals surface area contributed by atoms with Crippen molar-refractivity contribution in [3.63, 3.8) is 0 Å². The Morgan fingerprint density at radius 2 is 2.00 bits per heavy atom. The number of nitrogens with zero attached hydrogens (tertiary/aromatic N) is 2. The van der Waals surface area contributed by atoms with Gasteiger partial charge in [-0.15, -0.1) is 0 Å².